The predicted molar refractivity (Wildman–Crippen MR) is 104 cm³/mol. The Bertz CT molecular complexity index is 733. The van der Waals surface area contributed by atoms with Crippen LogP contribution in [0.2, 0.25) is 0 Å². The van der Waals surface area contributed by atoms with Gasteiger partial charge in [0.25, 0.3) is 0 Å². The number of unbranched alkanes of at least 4 members (excludes halogenated alkanes) is 1. The largest absolute Gasteiger partial charge is 0.333 e. The molecule has 1 atom stereocenters. The highest BCUT2D eigenvalue weighted by molar-refractivity contribution is 5.98. The lowest BCUT2D eigenvalue weighted by Gasteiger charge is -2.25. The van der Waals surface area contributed by atoms with E-state index < -0.39 is 0 Å². The van der Waals surface area contributed by atoms with Gasteiger partial charge >= 0.3 is 6.03 Å². The van der Waals surface area contributed by atoms with Crippen LogP contribution in [0.4, 0.5) is 16.2 Å². The maximum absolute atomic E-state index is 12.8. The number of nitrogens with one attached hydrogen (secondary N) is 1. The lowest BCUT2D eigenvalue weighted by molar-refractivity contribution is -0.117. The molecular weight excluding hydrogens is 326 g/mol. The number of para-hydroxylation sites is 2. The van der Waals surface area contributed by atoms with Crippen LogP contribution >= 0.6 is 0 Å². The third kappa shape index (κ3) is 4.23. The maximum Gasteiger partial charge on any atom is 0.322 e. The molecule has 3 rings (SSSR count). The average Bonchev–Trinajstić information content (AvgIpc) is 3.03. The summed E-state index contributed by atoms with van der Waals surface area (Å²) in [5.41, 5.74) is 1.75. The first-order chi connectivity index (χ1) is 12.7. The van der Waals surface area contributed by atoms with Crippen LogP contribution in [0.5, 0.6) is 0 Å². The van der Waals surface area contributed by atoms with Crippen LogP contribution in [0.25, 0.3) is 0 Å². The van der Waals surface area contributed by atoms with E-state index >= 15 is 0 Å². The van der Waals surface area contributed by atoms with Crippen LogP contribution in [-0.4, -0.2) is 31.1 Å². The molecule has 3 amide bonds. The number of anilines is 2. The summed E-state index contributed by atoms with van der Waals surface area (Å²) in [4.78, 5) is 28.7. The Labute approximate surface area is 154 Å². The molecule has 2 aromatic carbocycles. The van der Waals surface area contributed by atoms with Crippen LogP contribution in [0.15, 0.2) is 60.7 Å². The summed E-state index contributed by atoms with van der Waals surface area (Å²) >= 11 is 0. The van der Waals surface area contributed by atoms with Crippen molar-refractivity contribution in [1.82, 2.24) is 5.32 Å². The molecule has 0 spiro atoms. The third-order valence-electron chi connectivity index (χ3n) is 4.57. The summed E-state index contributed by atoms with van der Waals surface area (Å²) < 4.78 is 0. The fourth-order valence-corrected chi connectivity index (χ4v) is 3.19. The van der Waals surface area contributed by atoms with Gasteiger partial charge in [0.15, 0.2) is 0 Å². The molecule has 1 saturated heterocycles. The second kappa shape index (κ2) is 8.52. The van der Waals surface area contributed by atoms with E-state index in [0.29, 0.717) is 19.5 Å². The summed E-state index contributed by atoms with van der Waals surface area (Å²) in [5.74, 6) is 0.0429. The molecule has 0 radical (unpaired) electrons. The highest BCUT2D eigenvalue weighted by atomic mass is 16.2. The predicted octanol–water partition coefficient (Wildman–Crippen LogP) is 3.81. The van der Waals surface area contributed by atoms with Gasteiger partial charge in [-0.15, -0.1) is 0 Å². The third-order valence-corrected chi connectivity index (χ3v) is 4.57. The quantitative estimate of drug-likeness (QED) is 0.860. The van der Waals surface area contributed by atoms with E-state index in [9.17, 15) is 9.59 Å². The van der Waals surface area contributed by atoms with E-state index in [2.05, 4.69) is 12.2 Å². The Hall–Kier alpha value is -2.82. The molecule has 1 aliphatic heterocycles. The Morgan fingerprint density at radius 2 is 1.77 bits per heavy atom. The van der Waals surface area contributed by atoms with Crippen LogP contribution in [0, 0.1) is 0 Å². The van der Waals surface area contributed by atoms with Crippen molar-refractivity contribution in [3.8, 4) is 0 Å². The van der Waals surface area contributed by atoms with Crippen molar-refractivity contribution in [3.05, 3.63) is 60.7 Å². The summed E-state index contributed by atoms with van der Waals surface area (Å²) in [7, 11) is 0. The Morgan fingerprint density at radius 1 is 1.12 bits per heavy atom. The van der Waals surface area contributed by atoms with E-state index in [4.69, 9.17) is 0 Å². The first kappa shape index (κ1) is 18.0. The van der Waals surface area contributed by atoms with Crippen molar-refractivity contribution in [1.29, 1.82) is 0 Å². The minimum absolute atomic E-state index is 0.0429. The molecule has 0 saturated carbocycles. The number of urea groups is 1. The molecule has 136 valence electrons. The first-order valence-corrected chi connectivity index (χ1v) is 9.17. The van der Waals surface area contributed by atoms with Gasteiger partial charge in [0.1, 0.15) is 0 Å². The molecule has 5 heteroatoms. The number of rotatable bonds is 6. The van der Waals surface area contributed by atoms with Gasteiger partial charge in [-0.25, -0.2) is 4.79 Å². The Kier molecular flexibility index (Phi) is 5.89. The number of amides is 3. The fourth-order valence-electron chi connectivity index (χ4n) is 3.19. The number of carbonyl (C=O) groups excluding carboxylic acids is 2. The molecule has 0 bridgehead atoms. The number of nitrogens with zero attached hydrogens (tertiary/aromatic N) is 2. The molecule has 0 aliphatic carbocycles. The van der Waals surface area contributed by atoms with Crippen LogP contribution in [0.3, 0.4) is 0 Å². The monoisotopic (exact) mass is 351 g/mol. The van der Waals surface area contributed by atoms with Gasteiger partial charge in [-0.05, 0) is 30.7 Å². The zero-order valence-electron chi connectivity index (χ0n) is 15.1. The maximum atomic E-state index is 12.8. The van der Waals surface area contributed by atoms with E-state index in [1.165, 1.54) is 0 Å². The van der Waals surface area contributed by atoms with Gasteiger partial charge in [0, 0.05) is 30.9 Å². The van der Waals surface area contributed by atoms with Gasteiger partial charge in [0.05, 0.1) is 6.04 Å². The fraction of sp³-hybridized carbons (Fsp3) is 0.333. The van der Waals surface area contributed by atoms with Crippen molar-refractivity contribution in [3.63, 3.8) is 0 Å². The molecule has 0 unspecified atom stereocenters. The van der Waals surface area contributed by atoms with Crippen LogP contribution in [0.1, 0.15) is 26.2 Å². The zero-order chi connectivity index (χ0) is 18.4. The minimum atomic E-state index is -0.178. The van der Waals surface area contributed by atoms with Gasteiger partial charge in [0.2, 0.25) is 5.91 Å². The SMILES string of the molecule is CCCCN(C(=O)N[C@H]1CC(=O)N(c2ccccc2)C1)c1ccccc1. The molecule has 1 heterocycles. The average molecular weight is 351 g/mol. The Balaban J connectivity index is 1.67. The second-order valence-electron chi connectivity index (χ2n) is 6.53. The summed E-state index contributed by atoms with van der Waals surface area (Å²) in [6, 6.07) is 18.9. The lowest BCUT2D eigenvalue weighted by atomic mass is 10.2. The number of carbonyl (C=O) groups is 2. The van der Waals surface area contributed by atoms with Crippen molar-refractivity contribution < 1.29 is 9.59 Å². The molecule has 5 nitrogen and oxygen atoms in total. The number of hydrogen-bond acceptors (Lipinski definition) is 2. The molecule has 2 aromatic rings. The van der Waals surface area contributed by atoms with E-state index in [0.717, 1.165) is 24.2 Å². The van der Waals surface area contributed by atoms with Crippen molar-refractivity contribution in [2.45, 2.75) is 32.2 Å². The van der Waals surface area contributed by atoms with E-state index in [-0.39, 0.29) is 18.0 Å². The summed E-state index contributed by atoms with van der Waals surface area (Å²) in [5, 5.41) is 3.04. The van der Waals surface area contributed by atoms with Gasteiger partial charge < -0.3 is 10.2 Å². The highest BCUT2D eigenvalue weighted by Gasteiger charge is 2.32. The molecule has 26 heavy (non-hydrogen) atoms. The topological polar surface area (TPSA) is 52.7 Å². The number of benzene rings is 2. The standard InChI is InChI=1S/C21H25N3O2/c1-2-3-14-23(18-10-6-4-7-11-18)21(26)22-17-15-20(25)24(16-17)19-12-8-5-9-13-19/h4-13,17H,2-3,14-16H2,1H3,(H,22,26)/t17-/m0/s1. The van der Waals surface area contributed by atoms with E-state index in [1.807, 2.05) is 60.7 Å². The highest BCUT2D eigenvalue weighted by Crippen LogP contribution is 2.22. The van der Waals surface area contributed by atoms with Crippen LogP contribution in [-0.2, 0) is 4.79 Å². The van der Waals surface area contributed by atoms with Crippen molar-refractivity contribution >= 4 is 23.3 Å². The Morgan fingerprint density at radius 3 is 2.42 bits per heavy atom. The van der Waals surface area contributed by atoms with Gasteiger partial charge in [-0.2, -0.15) is 0 Å². The number of hydrogen-bond donors (Lipinski definition) is 1. The summed E-state index contributed by atoms with van der Waals surface area (Å²) in [6.07, 6.45) is 2.28. The first-order valence-electron chi connectivity index (χ1n) is 9.17. The molecule has 1 fully saturated rings. The zero-order valence-corrected chi connectivity index (χ0v) is 15.1. The van der Waals surface area contributed by atoms with Crippen molar-refractivity contribution in [2.75, 3.05) is 22.9 Å². The lowest BCUT2D eigenvalue weighted by Crippen LogP contribution is -2.46. The van der Waals surface area contributed by atoms with Gasteiger partial charge in [-0.1, -0.05) is 49.7 Å². The molecular formula is C21H25N3O2. The molecule has 0 aromatic heterocycles. The normalized spacial score (nSPS) is 16.6. The van der Waals surface area contributed by atoms with Gasteiger partial charge in [-0.3, -0.25) is 9.69 Å². The molecule has 1 aliphatic rings. The minimum Gasteiger partial charge on any atom is -0.333 e. The smallest absolute Gasteiger partial charge is 0.322 e. The van der Waals surface area contributed by atoms with Crippen molar-refractivity contribution in [2.24, 2.45) is 0 Å². The summed E-state index contributed by atoms with van der Waals surface area (Å²) in [6.45, 7) is 3.27. The van der Waals surface area contributed by atoms with E-state index in [1.54, 1.807) is 9.80 Å². The van der Waals surface area contributed by atoms with Crippen LogP contribution < -0.4 is 15.1 Å². The second-order valence-corrected chi connectivity index (χ2v) is 6.53. The molecule has 1 N–H and O–H groups in total.